The fourth-order valence-electron chi connectivity index (χ4n) is 2.49. The Morgan fingerprint density at radius 3 is 2.56 bits per heavy atom. The van der Waals surface area contributed by atoms with Crippen molar-refractivity contribution in [1.29, 1.82) is 0 Å². The maximum atomic E-state index is 12.1. The molecule has 0 aromatic heterocycles. The Kier molecular flexibility index (Phi) is 4.35. The second-order valence-electron chi connectivity index (χ2n) is 5.51. The number of benzene rings is 2. The van der Waals surface area contributed by atoms with E-state index in [1.807, 2.05) is 0 Å². The van der Waals surface area contributed by atoms with Gasteiger partial charge in [-0.25, -0.2) is 0 Å². The number of carbonyl (C=O) groups excluding carboxylic acids is 2. The Morgan fingerprint density at radius 2 is 1.88 bits per heavy atom. The van der Waals surface area contributed by atoms with E-state index < -0.39 is 6.36 Å². The molecule has 0 fully saturated rings. The van der Waals surface area contributed by atoms with E-state index in [1.165, 1.54) is 12.1 Å². The van der Waals surface area contributed by atoms with Gasteiger partial charge >= 0.3 is 6.36 Å². The van der Waals surface area contributed by atoms with E-state index in [9.17, 15) is 22.8 Å². The zero-order valence-corrected chi connectivity index (χ0v) is 12.8. The van der Waals surface area contributed by atoms with Crippen molar-refractivity contribution in [2.75, 3.05) is 10.6 Å². The van der Waals surface area contributed by atoms with Crippen LogP contribution in [0, 0.1) is 0 Å². The van der Waals surface area contributed by atoms with Gasteiger partial charge < -0.3 is 15.4 Å². The number of alkyl halides is 3. The quantitative estimate of drug-likeness (QED) is 0.889. The minimum atomic E-state index is -4.75. The molecule has 2 aromatic rings. The van der Waals surface area contributed by atoms with Crippen molar-refractivity contribution in [3.8, 4) is 5.75 Å². The molecule has 5 nitrogen and oxygen atoms in total. The zero-order chi connectivity index (χ0) is 18.0. The minimum absolute atomic E-state index is 0.00422. The van der Waals surface area contributed by atoms with E-state index in [0.717, 1.165) is 17.7 Å². The summed E-state index contributed by atoms with van der Waals surface area (Å²) < 4.78 is 40.1. The molecule has 130 valence electrons. The smallest absolute Gasteiger partial charge is 0.406 e. The molecule has 2 amide bonds. The first-order valence-electron chi connectivity index (χ1n) is 7.36. The summed E-state index contributed by atoms with van der Waals surface area (Å²) in [5.74, 6) is -0.764. The molecule has 2 aromatic carbocycles. The van der Waals surface area contributed by atoms with E-state index in [-0.39, 0.29) is 24.0 Å². The predicted molar refractivity (Wildman–Crippen MR) is 84.2 cm³/mol. The molecule has 0 radical (unpaired) electrons. The van der Waals surface area contributed by atoms with Gasteiger partial charge in [-0.15, -0.1) is 13.2 Å². The second kappa shape index (κ2) is 6.46. The Hall–Kier alpha value is -3.03. The van der Waals surface area contributed by atoms with Crippen LogP contribution in [0.25, 0.3) is 0 Å². The topological polar surface area (TPSA) is 67.4 Å². The summed E-state index contributed by atoms with van der Waals surface area (Å²) in [5.41, 5.74) is 2.60. The highest BCUT2D eigenvalue weighted by atomic mass is 19.4. The number of hydrogen-bond donors (Lipinski definition) is 2. The largest absolute Gasteiger partial charge is 0.573 e. The molecule has 8 heteroatoms. The highest BCUT2D eigenvalue weighted by Gasteiger charge is 2.30. The SMILES string of the molecule is O=C(Cc1ccc(OC(F)(F)F)cc1)Nc1ccc2c(c1)NC(=O)C2. The predicted octanol–water partition coefficient (Wildman–Crippen LogP) is 3.26. The van der Waals surface area contributed by atoms with Gasteiger partial charge in [0.25, 0.3) is 0 Å². The molecule has 0 saturated carbocycles. The number of amides is 2. The van der Waals surface area contributed by atoms with Gasteiger partial charge in [0.15, 0.2) is 0 Å². The molecule has 0 unspecified atom stereocenters. The van der Waals surface area contributed by atoms with Crippen LogP contribution in [0.15, 0.2) is 42.5 Å². The van der Waals surface area contributed by atoms with Crippen molar-refractivity contribution in [2.45, 2.75) is 19.2 Å². The number of anilines is 2. The average molecular weight is 350 g/mol. The lowest BCUT2D eigenvalue weighted by atomic mass is 10.1. The van der Waals surface area contributed by atoms with Crippen LogP contribution >= 0.6 is 0 Å². The summed E-state index contributed by atoms with van der Waals surface area (Å²) in [4.78, 5) is 23.4. The summed E-state index contributed by atoms with van der Waals surface area (Å²) in [7, 11) is 0. The molecule has 3 rings (SSSR count). The van der Waals surface area contributed by atoms with Gasteiger partial charge in [-0.3, -0.25) is 9.59 Å². The number of ether oxygens (including phenoxy) is 1. The van der Waals surface area contributed by atoms with Crippen LogP contribution in [-0.2, 0) is 22.4 Å². The molecule has 1 aliphatic heterocycles. The van der Waals surface area contributed by atoms with Crippen LogP contribution in [0.4, 0.5) is 24.5 Å². The van der Waals surface area contributed by atoms with Crippen LogP contribution in [0.2, 0.25) is 0 Å². The number of hydrogen-bond acceptors (Lipinski definition) is 3. The Labute approximate surface area is 140 Å². The van der Waals surface area contributed by atoms with Crippen molar-refractivity contribution in [2.24, 2.45) is 0 Å². The standard InChI is InChI=1S/C17H13F3N2O3/c18-17(19,20)25-13-5-1-10(2-6-13)7-15(23)21-12-4-3-11-8-16(24)22-14(11)9-12/h1-6,9H,7-8H2,(H,21,23)(H,22,24). The maximum Gasteiger partial charge on any atom is 0.573 e. The molecule has 1 aliphatic rings. The number of rotatable bonds is 4. The number of halogens is 3. The minimum Gasteiger partial charge on any atom is -0.406 e. The molecule has 0 bridgehead atoms. The van der Waals surface area contributed by atoms with Crippen LogP contribution in [0.1, 0.15) is 11.1 Å². The van der Waals surface area contributed by atoms with Gasteiger partial charge in [0.05, 0.1) is 12.8 Å². The summed E-state index contributed by atoms with van der Waals surface area (Å²) in [5, 5.41) is 5.38. The second-order valence-corrected chi connectivity index (χ2v) is 5.51. The third kappa shape index (κ3) is 4.50. The van der Waals surface area contributed by atoms with Crippen LogP contribution < -0.4 is 15.4 Å². The van der Waals surface area contributed by atoms with Crippen LogP contribution in [-0.4, -0.2) is 18.2 Å². The Bertz CT molecular complexity index is 817. The van der Waals surface area contributed by atoms with Gasteiger partial charge in [-0.1, -0.05) is 18.2 Å². The van der Waals surface area contributed by atoms with Crippen molar-refractivity contribution >= 4 is 23.2 Å². The van der Waals surface area contributed by atoms with E-state index >= 15 is 0 Å². The third-order valence-electron chi connectivity index (χ3n) is 3.54. The van der Waals surface area contributed by atoms with E-state index in [4.69, 9.17) is 0 Å². The summed E-state index contributed by atoms with van der Waals surface area (Å²) in [6, 6.07) is 10.2. The first-order valence-corrected chi connectivity index (χ1v) is 7.36. The van der Waals surface area contributed by atoms with Gasteiger partial charge in [-0.05, 0) is 35.4 Å². The zero-order valence-electron chi connectivity index (χ0n) is 12.8. The molecular weight excluding hydrogens is 337 g/mol. The molecule has 2 N–H and O–H groups in total. The third-order valence-corrected chi connectivity index (χ3v) is 3.54. The van der Waals surface area contributed by atoms with Gasteiger partial charge in [0.2, 0.25) is 11.8 Å². The highest BCUT2D eigenvalue weighted by Crippen LogP contribution is 2.26. The molecule has 25 heavy (non-hydrogen) atoms. The lowest BCUT2D eigenvalue weighted by Crippen LogP contribution is -2.17. The lowest BCUT2D eigenvalue weighted by Gasteiger charge is -2.10. The molecule has 0 atom stereocenters. The van der Waals surface area contributed by atoms with Crippen LogP contribution in [0.3, 0.4) is 0 Å². The lowest BCUT2D eigenvalue weighted by molar-refractivity contribution is -0.274. The molecular formula is C17H13F3N2O3. The van der Waals surface area contributed by atoms with E-state index in [1.54, 1.807) is 18.2 Å². The average Bonchev–Trinajstić information content (AvgIpc) is 2.87. The van der Waals surface area contributed by atoms with Gasteiger partial charge in [-0.2, -0.15) is 0 Å². The van der Waals surface area contributed by atoms with Gasteiger partial charge in [0.1, 0.15) is 5.75 Å². The van der Waals surface area contributed by atoms with Crippen molar-refractivity contribution < 1.29 is 27.5 Å². The number of fused-ring (bicyclic) bond motifs is 1. The van der Waals surface area contributed by atoms with Crippen molar-refractivity contribution in [3.63, 3.8) is 0 Å². The fraction of sp³-hybridized carbons (Fsp3) is 0.176. The van der Waals surface area contributed by atoms with Crippen LogP contribution in [0.5, 0.6) is 5.75 Å². The van der Waals surface area contributed by atoms with Gasteiger partial charge in [0, 0.05) is 11.4 Å². The fourth-order valence-corrected chi connectivity index (χ4v) is 2.49. The maximum absolute atomic E-state index is 12.1. The first kappa shape index (κ1) is 16.8. The summed E-state index contributed by atoms with van der Waals surface area (Å²) in [6.07, 6.45) is -4.44. The molecule has 0 aliphatic carbocycles. The highest BCUT2D eigenvalue weighted by molar-refractivity contribution is 6.00. The van der Waals surface area contributed by atoms with Crippen molar-refractivity contribution in [3.05, 3.63) is 53.6 Å². The molecule has 1 heterocycles. The first-order chi connectivity index (χ1) is 11.8. The molecule has 0 spiro atoms. The van der Waals surface area contributed by atoms with Crippen molar-refractivity contribution in [1.82, 2.24) is 0 Å². The Morgan fingerprint density at radius 1 is 1.16 bits per heavy atom. The summed E-state index contributed by atoms with van der Waals surface area (Å²) in [6.45, 7) is 0. The van der Waals surface area contributed by atoms with E-state index in [2.05, 4.69) is 15.4 Å². The normalized spacial score (nSPS) is 13.2. The molecule has 0 saturated heterocycles. The summed E-state index contributed by atoms with van der Waals surface area (Å²) >= 11 is 0. The monoisotopic (exact) mass is 350 g/mol. The Balaban J connectivity index is 1.59. The van der Waals surface area contributed by atoms with E-state index in [0.29, 0.717) is 23.4 Å². The number of carbonyl (C=O) groups is 2. The number of nitrogens with one attached hydrogen (secondary N) is 2.